The number of benzene rings is 2. The number of nitrogens with one attached hydrogen (secondary N) is 1. The van der Waals surface area contributed by atoms with Crippen LogP contribution in [-0.2, 0) is 17.8 Å². The van der Waals surface area contributed by atoms with Gasteiger partial charge in [0.15, 0.2) is 0 Å². The van der Waals surface area contributed by atoms with Crippen LogP contribution in [0.5, 0.6) is 11.6 Å². The lowest BCUT2D eigenvalue weighted by atomic mass is 10.0. The summed E-state index contributed by atoms with van der Waals surface area (Å²) < 4.78 is 19.1. The molecule has 240 valence electrons. The van der Waals surface area contributed by atoms with Gasteiger partial charge in [0.1, 0.15) is 35.4 Å². The first kappa shape index (κ1) is 32.0. The Kier molecular flexibility index (Phi) is 9.42. The standard InChI is InChI=1S/C35H32Cl2N6O4/c1-35(2,3)47-34(44)40-18-23-11-12-38-29(15-23)46-14-13-45-26-17-25-16-24(9-10-28(25)39-19-26)27-21-43(20-22-7-5-4-6-8-22)32-30(27)31(36)41-33(37)42-32/h4-12,15-17,19,21H,13-14,18,20H2,1-3H3,(H,40,44). The Bertz CT molecular complexity index is 2050. The number of aromatic nitrogens is 5. The van der Waals surface area contributed by atoms with Crippen LogP contribution in [0.1, 0.15) is 31.9 Å². The lowest BCUT2D eigenvalue weighted by molar-refractivity contribution is 0.0523. The predicted octanol–water partition coefficient (Wildman–Crippen LogP) is 7.88. The van der Waals surface area contributed by atoms with Gasteiger partial charge in [0.05, 0.1) is 17.1 Å². The van der Waals surface area contributed by atoms with Crippen molar-refractivity contribution in [3.05, 3.63) is 107 Å². The zero-order chi connectivity index (χ0) is 33.0. The summed E-state index contributed by atoms with van der Waals surface area (Å²) in [5.41, 5.74) is 4.67. The van der Waals surface area contributed by atoms with Crippen molar-refractivity contribution < 1.29 is 19.0 Å². The Morgan fingerprint density at radius 1 is 0.915 bits per heavy atom. The van der Waals surface area contributed by atoms with Gasteiger partial charge in [0.2, 0.25) is 11.2 Å². The minimum Gasteiger partial charge on any atom is -0.488 e. The number of halogens is 2. The van der Waals surface area contributed by atoms with E-state index in [0.29, 0.717) is 23.8 Å². The molecule has 0 spiro atoms. The molecule has 47 heavy (non-hydrogen) atoms. The van der Waals surface area contributed by atoms with Crippen molar-refractivity contribution in [2.45, 2.75) is 39.5 Å². The fraction of sp³-hybridized carbons (Fsp3) is 0.229. The minimum absolute atomic E-state index is 0.0913. The molecule has 0 bridgehead atoms. The second-order valence-corrected chi connectivity index (χ2v) is 12.5. The topological polar surface area (TPSA) is 113 Å². The smallest absolute Gasteiger partial charge is 0.407 e. The van der Waals surface area contributed by atoms with Gasteiger partial charge in [-0.15, -0.1) is 0 Å². The minimum atomic E-state index is -0.567. The first-order valence-electron chi connectivity index (χ1n) is 14.9. The fourth-order valence-electron chi connectivity index (χ4n) is 5.03. The fourth-order valence-corrected chi connectivity index (χ4v) is 5.50. The molecule has 0 aliphatic heterocycles. The maximum absolute atomic E-state index is 12.0. The second kappa shape index (κ2) is 13.8. The molecule has 0 aliphatic carbocycles. The zero-order valence-electron chi connectivity index (χ0n) is 26.0. The number of rotatable bonds is 10. The first-order chi connectivity index (χ1) is 22.6. The Morgan fingerprint density at radius 2 is 1.72 bits per heavy atom. The normalized spacial score (nSPS) is 11.5. The maximum atomic E-state index is 12.0. The number of pyridine rings is 2. The molecule has 0 atom stereocenters. The molecule has 12 heteroatoms. The van der Waals surface area contributed by atoms with Crippen LogP contribution in [-0.4, -0.2) is 49.4 Å². The van der Waals surface area contributed by atoms with E-state index in [9.17, 15) is 4.79 Å². The van der Waals surface area contributed by atoms with Crippen LogP contribution in [0.25, 0.3) is 33.1 Å². The highest BCUT2D eigenvalue weighted by molar-refractivity contribution is 6.36. The van der Waals surface area contributed by atoms with Gasteiger partial charge in [-0.1, -0.05) is 48.0 Å². The molecule has 0 aliphatic rings. The van der Waals surface area contributed by atoms with Crippen molar-refractivity contribution in [2.75, 3.05) is 13.2 Å². The van der Waals surface area contributed by atoms with Gasteiger partial charge < -0.3 is 24.1 Å². The Morgan fingerprint density at radius 3 is 2.53 bits per heavy atom. The van der Waals surface area contributed by atoms with Crippen LogP contribution in [0.15, 0.2) is 85.3 Å². The number of alkyl carbamates (subject to hydrolysis) is 1. The molecular weight excluding hydrogens is 639 g/mol. The van der Waals surface area contributed by atoms with E-state index >= 15 is 0 Å². The Balaban J connectivity index is 1.13. The van der Waals surface area contributed by atoms with Gasteiger partial charge >= 0.3 is 6.09 Å². The van der Waals surface area contributed by atoms with Crippen LogP contribution in [0.3, 0.4) is 0 Å². The Hall–Kier alpha value is -4.93. The number of carbonyl (C=O) groups is 1. The molecule has 1 N–H and O–H groups in total. The van der Waals surface area contributed by atoms with Crippen LogP contribution in [0.4, 0.5) is 4.79 Å². The van der Waals surface area contributed by atoms with E-state index < -0.39 is 11.7 Å². The third-order valence-electron chi connectivity index (χ3n) is 7.04. The molecule has 0 radical (unpaired) electrons. The number of ether oxygens (including phenoxy) is 3. The van der Waals surface area contributed by atoms with Crippen molar-refractivity contribution >= 4 is 51.2 Å². The van der Waals surface area contributed by atoms with E-state index in [0.717, 1.165) is 38.5 Å². The Labute approximate surface area is 281 Å². The molecule has 0 unspecified atom stereocenters. The molecule has 4 aromatic heterocycles. The number of carbonyl (C=O) groups excluding carboxylic acids is 1. The molecule has 0 saturated heterocycles. The van der Waals surface area contributed by atoms with E-state index in [-0.39, 0.29) is 30.2 Å². The summed E-state index contributed by atoms with van der Waals surface area (Å²) in [5, 5.41) is 4.72. The van der Waals surface area contributed by atoms with Gasteiger partial charge in [-0.2, -0.15) is 4.98 Å². The predicted molar refractivity (Wildman–Crippen MR) is 182 cm³/mol. The molecule has 4 heterocycles. The summed E-state index contributed by atoms with van der Waals surface area (Å²) in [6, 6.07) is 21.6. The molecule has 0 fully saturated rings. The van der Waals surface area contributed by atoms with Crippen LogP contribution >= 0.6 is 23.2 Å². The van der Waals surface area contributed by atoms with Gasteiger partial charge in [-0.25, -0.2) is 14.8 Å². The van der Waals surface area contributed by atoms with Gasteiger partial charge in [0.25, 0.3) is 0 Å². The molecule has 6 rings (SSSR count). The highest BCUT2D eigenvalue weighted by Gasteiger charge is 2.18. The third-order valence-corrected chi connectivity index (χ3v) is 7.49. The first-order valence-corrected chi connectivity index (χ1v) is 15.7. The van der Waals surface area contributed by atoms with Crippen LogP contribution < -0.4 is 14.8 Å². The molecule has 6 aromatic rings. The quantitative estimate of drug-likeness (QED) is 0.0890. The average Bonchev–Trinajstić information content (AvgIpc) is 3.39. The van der Waals surface area contributed by atoms with Crippen molar-refractivity contribution in [1.82, 2.24) is 29.8 Å². The van der Waals surface area contributed by atoms with E-state index in [2.05, 4.69) is 37.4 Å². The molecular formula is C35H32Cl2N6O4. The number of amides is 1. The summed E-state index contributed by atoms with van der Waals surface area (Å²) in [5.74, 6) is 1.02. The second-order valence-electron chi connectivity index (χ2n) is 11.8. The van der Waals surface area contributed by atoms with Crippen LogP contribution in [0, 0.1) is 0 Å². The van der Waals surface area contributed by atoms with Crippen molar-refractivity contribution in [1.29, 1.82) is 0 Å². The summed E-state index contributed by atoms with van der Waals surface area (Å²) in [7, 11) is 0. The highest BCUT2D eigenvalue weighted by Crippen LogP contribution is 2.36. The summed E-state index contributed by atoms with van der Waals surface area (Å²) >= 11 is 12.8. The van der Waals surface area contributed by atoms with E-state index in [1.807, 2.05) is 74.0 Å². The number of nitrogens with zero attached hydrogens (tertiary/aromatic N) is 5. The highest BCUT2D eigenvalue weighted by atomic mass is 35.5. The van der Waals surface area contributed by atoms with Gasteiger partial charge in [-0.05, 0) is 73.3 Å². The van der Waals surface area contributed by atoms with Gasteiger partial charge in [0, 0.05) is 42.5 Å². The number of fused-ring (bicyclic) bond motifs is 2. The largest absolute Gasteiger partial charge is 0.488 e. The average molecular weight is 672 g/mol. The van der Waals surface area contributed by atoms with Gasteiger partial charge in [-0.3, -0.25) is 4.98 Å². The molecule has 0 saturated carbocycles. The van der Waals surface area contributed by atoms with Crippen molar-refractivity contribution in [3.63, 3.8) is 0 Å². The molecule has 1 amide bonds. The maximum Gasteiger partial charge on any atom is 0.407 e. The van der Waals surface area contributed by atoms with E-state index in [1.54, 1.807) is 24.5 Å². The number of hydrogen-bond acceptors (Lipinski definition) is 8. The molecule has 10 nitrogen and oxygen atoms in total. The monoisotopic (exact) mass is 670 g/mol. The lowest BCUT2D eigenvalue weighted by Gasteiger charge is -2.19. The summed E-state index contributed by atoms with van der Waals surface area (Å²) in [6.45, 7) is 6.86. The third kappa shape index (κ3) is 8.08. The molecule has 2 aromatic carbocycles. The van der Waals surface area contributed by atoms with E-state index in [4.69, 9.17) is 37.4 Å². The number of hydrogen-bond donors (Lipinski definition) is 1. The summed E-state index contributed by atoms with van der Waals surface area (Å²) in [4.78, 5) is 29.5. The summed E-state index contributed by atoms with van der Waals surface area (Å²) in [6.07, 6.45) is 4.85. The SMILES string of the molecule is CC(C)(C)OC(=O)NCc1ccnc(OCCOc2cnc3ccc(-c4cn(Cc5ccccc5)c5nc(Cl)nc(Cl)c45)cc3c2)c1. The van der Waals surface area contributed by atoms with Crippen molar-refractivity contribution in [2.24, 2.45) is 0 Å². The van der Waals surface area contributed by atoms with Crippen molar-refractivity contribution in [3.8, 4) is 22.8 Å². The van der Waals surface area contributed by atoms with E-state index in [1.165, 1.54) is 0 Å². The lowest BCUT2D eigenvalue weighted by Crippen LogP contribution is -2.32. The van der Waals surface area contributed by atoms with Crippen LogP contribution in [0.2, 0.25) is 10.4 Å². The zero-order valence-corrected chi connectivity index (χ0v) is 27.5.